The molecule has 0 spiro atoms. The van der Waals surface area contributed by atoms with E-state index in [0.29, 0.717) is 6.04 Å². The molecule has 0 unspecified atom stereocenters. The van der Waals surface area contributed by atoms with Crippen molar-refractivity contribution in [1.29, 1.82) is 0 Å². The quantitative estimate of drug-likeness (QED) is 0.508. The van der Waals surface area contributed by atoms with Crippen molar-refractivity contribution < 1.29 is 0 Å². The SMILES string of the molecule is CN=C(NC1(c2ccnc3ccccc23)CC1)c1cc(N2CC(N(C)C)C2)ccc1C. The van der Waals surface area contributed by atoms with Gasteiger partial charge in [0, 0.05) is 49.0 Å². The fourth-order valence-corrected chi connectivity index (χ4v) is 4.62. The molecule has 1 aromatic heterocycles. The molecule has 1 aliphatic heterocycles. The molecule has 5 nitrogen and oxygen atoms in total. The Balaban J connectivity index is 1.44. The molecule has 0 atom stereocenters. The second-order valence-electron chi connectivity index (χ2n) is 9.18. The molecule has 0 radical (unpaired) electrons. The van der Waals surface area contributed by atoms with E-state index in [1.165, 1.54) is 27.8 Å². The molecule has 0 bridgehead atoms. The minimum Gasteiger partial charge on any atom is -0.368 e. The Hall–Kier alpha value is -2.92. The van der Waals surface area contributed by atoms with E-state index in [1.54, 1.807) is 0 Å². The number of anilines is 1. The van der Waals surface area contributed by atoms with Gasteiger partial charge in [-0.25, -0.2) is 0 Å². The number of hydrogen-bond donors (Lipinski definition) is 1. The van der Waals surface area contributed by atoms with E-state index in [0.717, 1.165) is 37.3 Å². The first-order chi connectivity index (χ1) is 15.0. The Bertz CT molecular complexity index is 1130. The van der Waals surface area contributed by atoms with Crippen LogP contribution in [0.3, 0.4) is 0 Å². The van der Waals surface area contributed by atoms with E-state index in [2.05, 4.69) is 89.7 Å². The number of aryl methyl sites for hydroxylation is 1. The summed E-state index contributed by atoms with van der Waals surface area (Å²) < 4.78 is 0. The summed E-state index contributed by atoms with van der Waals surface area (Å²) in [6.07, 6.45) is 4.14. The lowest BCUT2D eigenvalue weighted by Crippen LogP contribution is -2.57. The number of nitrogens with one attached hydrogen (secondary N) is 1. The van der Waals surface area contributed by atoms with Crippen LogP contribution in [-0.4, -0.2) is 56.0 Å². The van der Waals surface area contributed by atoms with Gasteiger partial charge >= 0.3 is 0 Å². The fraction of sp³-hybridized carbons (Fsp3) is 0.385. The van der Waals surface area contributed by atoms with Crippen LogP contribution >= 0.6 is 0 Å². The average Bonchev–Trinajstić information content (AvgIpc) is 3.52. The third-order valence-electron chi connectivity index (χ3n) is 6.93. The number of pyridine rings is 1. The van der Waals surface area contributed by atoms with Gasteiger partial charge in [0.05, 0.1) is 11.1 Å². The highest BCUT2D eigenvalue weighted by Gasteiger charge is 2.46. The molecule has 160 valence electrons. The Kier molecular flexibility index (Phi) is 4.94. The van der Waals surface area contributed by atoms with E-state index in [4.69, 9.17) is 4.99 Å². The molecule has 1 N–H and O–H groups in total. The highest BCUT2D eigenvalue weighted by atomic mass is 15.3. The standard InChI is InChI=1S/C26H31N5/c1-18-9-10-19(31-16-20(17-31)30(3)4)15-22(18)25(27-2)29-26(12-13-26)23-11-14-28-24-8-6-5-7-21(23)24/h5-11,14-15,20H,12-13,16-17H2,1-4H3,(H,27,29). The van der Waals surface area contributed by atoms with Gasteiger partial charge in [-0.3, -0.25) is 9.98 Å². The number of aromatic nitrogens is 1. The molecule has 2 fully saturated rings. The molecule has 5 heteroatoms. The number of fused-ring (bicyclic) bond motifs is 1. The first kappa shape index (κ1) is 20.0. The van der Waals surface area contributed by atoms with Crippen molar-refractivity contribution in [2.75, 3.05) is 39.1 Å². The van der Waals surface area contributed by atoms with Gasteiger partial charge in [0.2, 0.25) is 0 Å². The molecule has 31 heavy (non-hydrogen) atoms. The van der Waals surface area contributed by atoms with Crippen molar-refractivity contribution in [2.45, 2.75) is 31.3 Å². The smallest absolute Gasteiger partial charge is 0.129 e. The summed E-state index contributed by atoms with van der Waals surface area (Å²) in [4.78, 5) is 14.0. The predicted molar refractivity (Wildman–Crippen MR) is 129 cm³/mol. The normalized spacial score (nSPS) is 18.4. The van der Waals surface area contributed by atoms with Gasteiger partial charge < -0.3 is 15.1 Å². The van der Waals surface area contributed by atoms with Crippen molar-refractivity contribution in [2.24, 2.45) is 4.99 Å². The first-order valence-corrected chi connectivity index (χ1v) is 11.1. The van der Waals surface area contributed by atoms with Gasteiger partial charge in [-0.2, -0.15) is 0 Å². The molecule has 2 aliphatic rings. The Labute approximate surface area is 184 Å². The molecule has 1 saturated carbocycles. The van der Waals surface area contributed by atoms with Gasteiger partial charge in [-0.15, -0.1) is 0 Å². The number of benzene rings is 2. The van der Waals surface area contributed by atoms with Gasteiger partial charge in [-0.05, 0) is 69.3 Å². The third-order valence-corrected chi connectivity index (χ3v) is 6.93. The molecule has 3 aromatic rings. The van der Waals surface area contributed by atoms with Crippen molar-refractivity contribution in [3.63, 3.8) is 0 Å². The molecule has 0 amide bonds. The monoisotopic (exact) mass is 413 g/mol. The maximum absolute atomic E-state index is 4.70. The van der Waals surface area contributed by atoms with Gasteiger partial charge in [0.1, 0.15) is 5.84 Å². The summed E-state index contributed by atoms with van der Waals surface area (Å²) in [5.41, 5.74) is 6.03. The molecule has 2 heterocycles. The third kappa shape index (κ3) is 3.57. The van der Waals surface area contributed by atoms with Crippen LogP contribution in [0.4, 0.5) is 5.69 Å². The minimum atomic E-state index is -0.0629. The molecular formula is C26H31N5. The Morgan fingerprint density at radius 1 is 1.13 bits per heavy atom. The van der Waals surface area contributed by atoms with Crippen molar-refractivity contribution in [1.82, 2.24) is 15.2 Å². The minimum absolute atomic E-state index is 0.0629. The van der Waals surface area contributed by atoms with Crippen molar-refractivity contribution in [3.8, 4) is 0 Å². The maximum atomic E-state index is 4.70. The highest BCUT2D eigenvalue weighted by molar-refractivity contribution is 6.02. The summed E-state index contributed by atoms with van der Waals surface area (Å²) in [5.74, 6) is 0.974. The van der Waals surface area contributed by atoms with Gasteiger partial charge in [0.15, 0.2) is 0 Å². The lowest BCUT2D eigenvalue weighted by Gasteiger charge is -2.44. The second-order valence-corrected chi connectivity index (χ2v) is 9.18. The molecule has 1 saturated heterocycles. The van der Waals surface area contributed by atoms with E-state index < -0.39 is 0 Å². The number of para-hydroxylation sites is 1. The largest absolute Gasteiger partial charge is 0.368 e. The van der Waals surface area contributed by atoms with Crippen LogP contribution in [-0.2, 0) is 5.54 Å². The number of aliphatic imine (C=N–C) groups is 1. The van der Waals surface area contributed by atoms with Crippen LogP contribution in [0.1, 0.15) is 29.5 Å². The number of amidine groups is 1. The number of rotatable bonds is 5. The Morgan fingerprint density at radius 3 is 2.61 bits per heavy atom. The van der Waals surface area contributed by atoms with Crippen LogP contribution in [0.2, 0.25) is 0 Å². The van der Waals surface area contributed by atoms with Crippen molar-refractivity contribution >= 4 is 22.4 Å². The van der Waals surface area contributed by atoms with E-state index in [1.807, 2.05) is 13.2 Å². The van der Waals surface area contributed by atoms with Crippen LogP contribution < -0.4 is 10.2 Å². The zero-order valence-electron chi connectivity index (χ0n) is 18.9. The molecular weight excluding hydrogens is 382 g/mol. The summed E-state index contributed by atoms with van der Waals surface area (Å²) in [5, 5.41) is 5.07. The second kappa shape index (κ2) is 7.65. The summed E-state index contributed by atoms with van der Waals surface area (Å²) in [6.45, 7) is 4.33. The van der Waals surface area contributed by atoms with Crippen LogP contribution in [0.5, 0.6) is 0 Å². The van der Waals surface area contributed by atoms with Gasteiger partial charge in [0.25, 0.3) is 0 Å². The lowest BCUT2D eigenvalue weighted by molar-refractivity contribution is 0.247. The lowest BCUT2D eigenvalue weighted by atomic mass is 9.98. The summed E-state index contributed by atoms with van der Waals surface area (Å²) >= 11 is 0. The zero-order valence-corrected chi connectivity index (χ0v) is 18.9. The number of likely N-dealkylation sites (N-methyl/N-ethyl adjacent to an activating group) is 1. The summed E-state index contributed by atoms with van der Waals surface area (Å²) in [6, 6.07) is 18.0. The van der Waals surface area contributed by atoms with Crippen LogP contribution in [0, 0.1) is 6.92 Å². The first-order valence-electron chi connectivity index (χ1n) is 11.1. The maximum Gasteiger partial charge on any atom is 0.129 e. The van der Waals surface area contributed by atoms with E-state index >= 15 is 0 Å². The highest BCUT2D eigenvalue weighted by Crippen LogP contribution is 2.48. The number of hydrogen-bond acceptors (Lipinski definition) is 4. The molecule has 5 rings (SSSR count). The zero-order chi connectivity index (χ0) is 21.6. The van der Waals surface area contributed by atoms with E-state index in [9.17, 15) is 0 Å². The van der Waals surface area contributed by atoms with Crippen LogP contribution in [0.15, 0.2) is 59.7 Å². The molecule has 1 aliphatic carbocycles. The molecule has 2 aromatic carbocycles. The van der Waals surface area contributed by atoms with Gasteiger partial charge in [-0.1, -0.05) is 24.3 Å². The Morgan fingerprint density at radius 2 is 1.90 bits per heavy atom. The van der Waals surface area contributed by atoms with Crippen LogP contribution in [0.25, 0.3) is 10.9 Å². The van der Waals surface area contributed by atoms with E-state index in [-0.39, 0.29) is 5.54 Å². The topological polar surface area (TPSA) is 43.8 Å². The average molecular weight is 414 g/mol. The van der Waals surface area contributed by atoms with Crippen molar-refractivity contribution in [3.05, 3.63) is 71.4 Å². The number of nitrogens with zero attached hydrogens (tertiary/aromatic N) is 4. The fourth-order valence-electron chi connectivity index (χ4n) is 4.62. The predicted octanol–water partition coefficient (Wildman–Crippen LogP) is 3.95. The summed E-state index contributed by atoms with van der Waals surface area (Å²) in [7, 11) is 6.21.